The number of para-hydroxylation sites is 2. The van der Waals surface area contributed by atoms with Gasteiger partial charge in [0.15, 0.2) is 0 Å². The van der Waals surface area contributed by atoms with Crippen molar-refractivity contribution in [3.8, 4) is 5.75 Å². The lowest BCUT2D eigenvalue weighted by molar-refractivity contribution is -0.120. The summed E-state index contributed by atoms with van der Waals surface area (Å²) >= 11 is 0. The van der Waals surface area contributed by atoms with E-state index in [1.807, 2.05) is 24.3 Å². The first-order chi connectivity index (χ1) is 9.83. The first kappa shape index (κ1) is 13.4. The van der Waals surface area contributed by atoms with E-state index in [0.29, 0.717) is 5.92 Å². The van der Waals surface area contributed by atoms with Gasteiger partial charge in [0.1, 0.15) is 5.75 Å². The van der Waals surface area contributed by atoms with Gasteiger partial charge < -0.3 is 15.4 Å². The van der Waals surface area contributed by atoms with E-state index in [2.05, 4.69) is 10.6 Å². The molecule has 0 radical (unpaired) electrons. The minimum Gasteiger partial charge on any atom is -0.491 e. The molecule has 1 unspecified atom stereocenters. The number of amides is 1. The van der Waals surface area contributed by atoms with Gasteiger partial charge in [0.05, 0.1) is 18.2 Å². The smallest absolute Gasteiger partial charge is 0.228 e. The molecule has 1 saturated carbocycles. The van der Waals surface area contributed by atoms with E-state index in [4.69, 9.17) is 4.74 Å². The second-order valence-electron chi connectivity index (χ2n) is 5.78. The molecule has 0 spiro atoms. The summed E-state index contributed by atoms with van der Waals surface area (Å²) in [5.41, 5.74) is 0.795. The molecule has 1 saturated heterocycles. The number of carbonyl (C=O) groups is 1. The van der Waals surface area contributed by atoms with Crippen molar-refractivity contribution in [1.82, 2.24) is 5.32 Å². The Morgan fingerprint density at radius 3 is 2.90 bits per heavy atom. The van der Waals surface area contributed by atoms with Crippen molar-refractivity contribution in [3.63, 3.8) is 0 Å². The Kier molecular flexibility index (Phi) is 4.21. The van der Waals surface area contributed by atoms with Crippen LogP contribution in [0.5, 0.6) is 5.75 Å². The fraction of sp³-hybridized carbons (Fsp3) is 0.562. The van der Waals surface area contributed by atoms with E-state index in [9.17, 15) is 4.79 Å². The number of hydrogen-bond donors (Lipinski definition) is 2. The van der Waals surface area contributed by atoms with E-state index < -0.39 is 0 Å². The molecule has 0 bridgehead atoms. The molecule has 3 rings (SSSR count). The second kappa shape index (κ2) is 6.27. The highest BCUT2D eigenvalue weighted by Crippen LogP contribution is 2.32. The van der Waals surface area contributed by atoms with Crippen LogP contribution in [0.4, 0.5) is 5.69 Å². The lowest BCUT2D eigenvalue weighted by Crippen LogP contribution is -2.37. The number of benzene rings is 1. The van der Waals surface area contributed by atoms with Crippen LogP contribution >= 0.6 is 0 Å². The van der Waals surface area contributed by atoms with Crippen LogP contribution in [-0.4, -0.2) is 25.6 Å². The molecule has 2 N–H and O–H groups in total. The standard InChI is InChI=1S/C16H22N2O2/c19-16(13-4-3-9-17-10-13)18-14-5-1-2-6-15(14)20-11-12-7-8-12/h1-2,5-6,12-13,17H,3-4,7-11H2,(H,18,19). The molecule has 20 heavy (non-hydrogen) atoms. The van der Waals surface area contributed by atoms with Crippen LogP contribution in [0.2, 0.25) is 0 Å². The zero-order valence-corrected chi connectivity index (χ0v) is 11.7. The molecular formula is C16H22N2O2. The Labute approximate surface area is 119 Å². The Morgan fingerprint density at radius 2 is 2.15 bits per heavy atom. The highest BCUT2D eigenvalue weighted by atomic mass is 16.5. The monoisotopic (exact) mass is 274 g/mol. The SMILES string of the molecule is O=C(Nc1ccccc1OCC1CC1)C1CCCNC1. The third-order valence-corrected chi connectivity index (χ3v) is 3.98. The average molecular weight is 274 g/mol. The molecule has 1 aliphatic carbocycles. The fourth-order valence-electron chi connectivity index (χ4n) is 2.50. The van der Waals surface area contributed by atoms with Gasteiger partial charge in [0, 0.05) is 6.54 Å². The highest BCUT2D eigenvalue weighted by Gasteiger charge is 2.24. The summed E-state index contributed by atoms with van der Waals surface area (Å²) < 4.78 is 5.82. The maximum atomic E-state index is 12.3. The molecular weight excluding hydrogens is 252 g/mol. The number of ether oxygens (including phenoxy) is 1. The number of piperidine rings is 1. The van der Waals surface area contributed by atoms with E-state index in [0.717, 1.165) is 44.0 Å². The third kappa shape index (κ3) is 3.51. The molecule has 1 aromatic rings. The first-order valence-electron chi connectivity index (χ1n) is 7.56. The van der Waals surface area contributed by atoms with E-state index in [1.54, 1.807) is 0 Å². The van der Waals surface area contributed by atoms with Crippen molar-refractivity contribution in [2.75, 3.05) is 25.0 Å². The Bertz CT molecular complexity index is 465. The van der Waals surface area contributed by atoms with Crippen LogP contribution in [-0.2, 0) is 4.79 Å². The molecule has 0 aromatic heterocycles. The summed E-state index contributed by atoms with van der Waals surface area (Å²) in [6, 6.07) is 7.71. The maximum Gasteiger partial charge on any atom is 0.228 e. The predicted molar refractivity (Wildman–Crippen MR) is 78.9 cm³/mol. The zero-order chi connectivity index (χ0) is 13.8. The minimum atomic E-state index is 0.0697. The summed E-state index contributed by atoms with van der Waals surface area (Å²) in [5.74, 6) is 1.66. The molecule has 2 fully saturated rings. The topological polar surface area (TPSA) is 50.4 Å². The van der Waals surface area contributed by atoms with Crippen molar-refractivity contribution in [1.29, 1.82) is 0 Å². The van der Waals surface area contributed by atoms with Gasteiger partial charge in [-0.3, -0.25) is 4.79 Å². The predicted octanol–water partition coefficient (Wildman–Crippen LogP) is 2.41. The summed E-state index contributed by atoms with van der Waals surface area (Å²) in [6.07, 6.45) is 4.56. The molecule has 108 valence electrons. The van der Waals surface area contributed by atoms with Gasteiger partial charge in [-0.25, -0.2) is 0 Å². The van der Waals surface area contributed by atoms with Gasteiger partial charge >= 0.3 is 0 Å². The molecule has 1 amide bonds. The largest absolute Gasteiger partial charge is 0.491 e. The Hall–Kier alpha value is -1.55. The maximum absolute atomic E-state index is 12.3. The van der Waals surface area contributed by atoms with Crippen molar-refractivity contribution < 1.29 is 9.53 Å². The number of hydrogen-bond acceptors (Lipinski definition) is 3. The second-order valence-corrected chi connectivity index (χ2v) is 5.78. The summed E-state index contributed by atoms with van der Waals surface area (Å²) in [5, 5.41) is 6.29. The van der Waals surface area contributed by atoms with Gasteiger partial charge in [-0.1, -0.05) is 12.1 Å². The average Bonchev–Trinajstić information content (AvgIpc) is 3.31. The molecule has 1 aliphatic heterocycles. The molecule has 1 aromatic carbocycles. The lowest BCUT2D eigenvalue weighted by atomic mass is 9.99. The van der Waals surface area contributed by atoms with Crippen LogP contribution < -0.4 is 15.4 Å². The number of anilines is 1. The van der Waals surface area contributed by atoms with Crippen LogP contribution in [0.25, 0.3) is 0 Å². The van der Waals surface area contributed by atoms with E-state index >= 15 is 0 Å². The summed E-state index contributed by atoms with van der Waals surface area (Å²) in [4.78, 5) is 12.3. The quantitative estimate of drug-likeness (QED) is 0.867. The van der Waals surface area contributed by atoms with Crippen molar-refractivity contribution >= 4 is 11.6 Å². The minimum absolute atomic E-state index is 0.0697. The van der Waals surface area contributed by atoms with Crippen molar-refractivity contribution in [2.45, 2.75) is 25.7 Å². The van der Waals surface area contributed by atoms with Crippen molar-refractivity contribution in [3.05, 3.63) is 24.3 Å². The van der Waals surface area contributed by atoms with Crippen LogP contribution in [0.15, 0.2) is 24.3 Å². The fourth-order valence-corrected chi connectivity index (χ4v) is 2.50. The number of carbonyl (C=O) groups excluding carboxylic acids is 1. The normalized spacial score (nSPS) is 22.3. The zero-order valence-electron chi connectivity index (χ0n) is 11.7. The van der Waals surface area contributed by atoms with Crippen LogP contribution in [0.3, 0.4) is 0 Å². The van der Waals surface area contributed by atoms with Gasteiger partial charge in [-0.15, -0.1) is 0 Å². The van der Waals surface area contributed by atoms with E-state index in [1.165, 1.54) is 12.8 Å². The van der Waals surface area contributed by atoms with Gasteiger partial charge in [0.25, 0.3) is 0 Å². The van der Waals surface area contributed by atoms with Crippen LogP contribution in [0, 0.1) is 11.8 Å². The molecule has 4 nitrogen and oxygen atoms in total. The summed E-state index contributed by atoms with van der Waals surface area (Å²) in [7, 11) is 0. The van der Waals surface area contributed by atoms with E-state index in [-0.39, 0.29) is 11.8 Å². The van der Waals surface area contributed by atoms with Gasteiger partial charge in [-0.05, 0) is 50.3 Å². The Morgan fingerprint density at radius 1 is 1.30 bits per heavy atom. The highest BCUT2D eigenvalue weighted by molar-refractivity contribution is 5.94. The van der Waals surface area contributed by atoms with Gasteiger partial charge in [-0.2, -0.15) is 0 Å². The number of nitrogens with one attached hydrogen (secondary N) is 2. The summed E-state index contributed by atoms with van der Waals surface area (Å²) in [6.45, 7) is 2.56. The van der Waals surface area contributed by atoms with Crippen molar-refractivity contribution in [2.24, 2.45) is 11.8 Å². The lowest BCUT2D eigenvalue weighted by Gasteiger charge is -2.22. The third-order valence-electron chi connectivity index (χ3n) is 3.98. The molecule has 1 atom stereocenters. The Balaban J connectivity index is 1.61. The molecule has 1 heterocycles. The van der Waals surface area contributed by atoms with Gasteiger partial charge in [0.2, 0.25) is 5.91 Å². The van der Waals surface area contributed by atoms with Crippen LogP contribution in [0.1, 0.15) is 25.7 Å². The molecule has 4 heteroatoms. The first-order valence-corrected chi connectivity index (χ1v) is 7.56. The number of rotatable bonds is 5. The molecule has 2 aliphatic rings.